The van der Waals surface area contributed by atoms with Gasteiger partial charge in [-0.15, -0.1) is 0 Å². The van der Waals surface area contributed by atoms with Crippen molar-refractivity contribution in [2.45, 2.75) is 26.2 Å². The van der Waals surface area contributed by atoms with Gasteiger partial charge in [-0.05, 0) is 23.1 Å². The van der Waals surface area contributed by atoms with E-state index in [4.69, 9.17) is 0 Å². The molecule has 1 amide bonds. The number of nitrogens with zero attached hydrogens (tertiary/aromatic N) is 1. The van der Waals surface area contributed by atoms with Gasteiger partial charge in [-0.3, -0.25) is 14.9 Å². The number of esters is 1. The Balaban J connectivity index is 2.43. The number of para-hydroxylation sites is 1. The van der Waals surface area contributed by atoms with Gasteiger partial charge in [-0.25, -0.2) is 4.79 Å². The number of hydrogen-bond acceptors (Lipinski definition) is 5. The van der Waals surface area contributed by atoms with Crippen molar-refractivity contribution in [1.82, 2.24) is 0 Å². The van der Waals surface area contributed by atoms with E-state index >= 15 is 0 Å². The molecule has 136 valence electrons. The van der Waals surface area contributed by atoms with Crippen LogP contribution in [0.25, 0.3) is 0 Å². The summed E-state index contributed by atoms with van der Waals surface area (Å²) in [5.41, 5.74) is 0.911. The molecular weight excluding hydrogens is 336 g/mol. The third-order valence-corrected chi connectivity index (χ3v) is 3.80. The minimum atomic E-state index is -0.752. The summed E-state index contributed by atoms with van der Waals surface area (Å²) in [6, 6.07) is 10.8. The number of anilines is 1. The molecule has 2 rings (SSSR count). The second-order valence-electron chi connectivity index (χ2n) is 6.77. The van der Waals surface area contributed by atoms with Crippen LogP contribution in [0.5, 0.6) is 0 Å². The number of nitro groups is 1. The molecule has 0 aromatic heterocycles. The van der Waals surface area contributed by atoms with Crippen LogP contribution in [-0.4, -0.2) is 23.9 Å². The van der Waals surface area contributed by atoms with E-state index in [0.29, 0.717) is 5.69 Å². The highest BCUT2D eigenvalue weighted by Crippen LogP contribution is 2.29. The molecule has 0 saturated carbocycles. The van der Waals surface area contributed by atoms with Crippen LogP contribution in [-0.2, 0) is 10.2 Å². The summed E-state index contributed by atoms with van der Waals surface area (Å²) >= 11 is 0. The zero-order chi connectivity index (χ0) is 19.5. The number of ether oxygens (including phenoxy) is 1. The average molecular weight is 356 g/mol. The van der Waals surface area contributed by atoms with Crippen molar-refractivity contribution in [3.63, 3.8) is 0 Å². The minimum absolute atomic E-state index is 0.00307. The van der Waals surface area contributed by atoms with Crippen LogP contribution in [0.15, 0.2) is 42.5 Å². The molecule has 0 aliphatic carbocycles. The molecule has 0 radical (unpaired) electrons. The number of hydrogen-bond donors (Lipinski definition) is 1. The van der Waals surface area contributed by atoms with Crippen molar-refractivity contribution in [3.05, 3.63) is 69.3 Å². The lowest BCUT2D eigenvalue weighted by Crippen LogP contribution is -2.19. The van der Waals surface area contributed by atoms with E-state index in [2.05, 4.69) is 10.1 Å². The summed E-state index contributed by atoms with van der Waals surface area (Å²) < 4.78 is 4.59. The number of methoxy groups -OCH3 is 1. The highest BCUT2D eigenvalue weighted by Gasteiger charge is 2.21. The normalized spacial score (nSPS) is 10.9. The topological polar surface area (TPSA) is 98.5 Å². The minimum Gasteiger partial charge on any atom is -0.465 e. The third-order valence-electron chi connectivity index (χ3n) is 3.80. The zero-order valence-corrected chi connectivity index (χ0v) is 15.0. The zero-order valence-electron chi connectivity index (χ0n) is 15.0. The fourth-order valence-electron chi connectivity index (χ4n) is 2.52. The number of nitrogens with one attached hydrogen (secondary N) is 1. The Labute approximate surface area is 151 Å². The first kappa shape index (κ1) is 19.1. The van der Waals surface area contributed by atoms with E-state index in [0.717, 1.165) is 17.7 Å². The van der Waals surface area contributed by atoms with Gasteiger partial charge in [-0.2, -0.15) is 0 Å². The number of benzene rings is 2. The maximum Gasteiger partial charge on any atom is 0.338 e. The fraction of sp³-hybridized carbons (Fsp3) is 0.263. The van der Waals surface area contributed by atoms with Crippen LogP contribution in [0.2, 0.25) is 0 Å². The summed E-state index contributed by atoms with van der Waals surface area (Å²) in [6.45, 7) is 6.04. The Morgan fingerprint density at radius 1 is 1.08 bits per heavy atom. The standard InChI is InChI=1S/C19H20N2O5/c1-19(2,3)15-7-5-6-8-16(15)20-17(22)12-9-13(18(23)26-4)11-14(10-12)21(24)25/h5-11H,1-4H3,(H,20,22). The van der Waals surface area contributed by atoms with Crippen LogP contribution in [0, 0.1) is 10.1 Å². The molecule has 0 fully saturated rings. The SMILES string of the molecule is COC(=O)c1cc(C(=O)Nc2ccccc2C(C)(C)C)cc([N+](=O)[O-])c1. The summed E-state index contributed by atoms with van der Waals surface area (Å²) in [5, 5.41) is 13.9. The maximum absolute atomic E-state index is 12.6. The number of rotatable bonds is 4. The molecular formula is C19H20N2O5. The van der Waals surface area contributed by atoms with Gasteiger partial charge >= 0.3 is 5.97 Å². The molecule has 0 aliphatic rings. The second-order valence-corrected chi connectivity index (χ2v) is 6.77. The van der Waals surface area contributed by atoms with E-state index in [1.807, 2.05) is 32.9 Å². The number of carbonyl (C=O) groups excluding carboxylic acids is 2. The van der Waals surface area contributed by atoms with Gasteiger partial charge < -0.3 is 10.1 Å². The Kier molecular flexibility index (Phi) is 5.40. The first-order valence-electron chi connectivity index (χ1n) is 7.92. The Morgan fingerprint density at radius 2 is 1.69 bits per heavy atom. The highest BCUT2D eigenvalue weighted by atomic mass is 16.6. The van der Waals surface area contributed by atoms with Gasteiger partial charge in [0.15, 0.2) is 0 Å². The van der Waals surface area contributed by atoms with E-state index in [1.54, 1.807) is 12.1 Å². The van der Waals surface area contributed by atoms with Gasteiger partial charge in [-0.1, -0.05) is 39.0 Å². The van der Waals surface area contributed by atoms with Gasteiger partial charge in [0.1, 0.15) is 0 Å². The summed E-state index contributed by atoms with van der Waals surface area (Å²) in [6.07, 6.45) is 0. The molecule has 0 atom stereocenters. The van der Waals surface area contributed by atoms with Crippen molar-refractivity contribution >= 4 is 23.3 Å². The quantitative estimate of drug-likeness (QED) is 0.508. The molecule has 0 aliphatic heterocycles. The molecule has 0 saturated heterocycles. The first-order valence-corrected chi connectivity index (χ1v) is 7.92. The third kappa shape index (κ3) is 4.24. The van der Waals surface area contributed by atoms with Crippen LogP contribution in [0.3, 0.4) is 0 Å². The first-order chi connectivity index (χ1) is 12.1. The van der Waals surface area contributed by atoms with E-state index in [1.165, 1.54) is 13.2 Å². The molecule has 2 aromatic carbocycles. The largest absolute Gasteiger partial charge is 0.465 e. The van der Waals surface area contributed by atoms with Gasteiger partial charge in [0, 0.05) is 23.4 Å². The molecule has 0 unspecified atom stereocenters. The van der Waals surface area contributed by atoms with Crippen molar-refractivity contribution in [1.29, 1.82) is 0 Å². The number of nitro benzene ring substituents is 1. The lowest BCUT2D eigenvalue weighted by molar-refractivity contribution is -0.384. The van der Waals surface area contributed by atoms with E-state index in [9.17, 15) is 19.7 Å². The van der Waals surface area contributed by atoms with Crippen molar-refractivity contribution in [2.24, 2.45) is 0 Å². The van der Waals surface area contributed by atoms with Crippen LogP contribution in [0.1, 0.15) is 47.1 Å². The number of carbonyl (C=O) groups is 2. The van der Waals surface area contributed by atoms with Crippen molar-refractivity contribution in [3.8, 4) is 0 Å². The molecule has 7 nitrogen and oxygen atoms in total. The van der Waals surface area contributed by atoms with Crippen LogP contribution < -0.4 is 5.32 Å². The Hall–Kier alpha value is -3.22. The molecule has 26 heavy (non-hydrogen) atoms. The van der Waals surface area contributed by atoms with Crippen molar-refractivity contribution in [2.75, 3.05) is 12.4 Å². The Bertz CT molecular complexity index is 868. The lowest BCUT2D eigenvalue weighted by Gasteiger charge is -2.23. The van der Waals surface area contributed by atoms with E-state index in [-0.39, 0.29) is 22.2 Å². The van der Waals surface area contributed by atoms with Crippen LogP contribution >= 0.6 is 0 Å². The molecule has 0 spiro atoms. The summed E-state index contributed by atoms with van der Waals surface area (Å²) in [7, 11) is 1.17. The highest BCUT2D eigenvalue weighted by molar-refractivity contribution is 6.06. The predicted octanol–water partition coefficient (Wildman–Crippen LogP) is 3.93. The number of amides is 1. The summed E-state index contributed by atoms with van der Waals surface area (Å²) in [4.78, 5) is 34.8. The molecule has 0 bridgehead atoms. The van der Waals surface area contributed by atoms with E-state index < -0.39 is 16.8 Å². The Morgan fingerprint density at radius 3 is 2.27 bits per heavy atom. The monoisotopic (exact) mass is 356 g/mol. The van der Waals surface area contributed by atoms with Crippen molar-refractivity contribution < 1.29 is 19.2 Å². The summed E-state index contributed by atoms with van der Waals surface area (Å²) in [5.74, 6) is -1.30. The molecule has 7 heteroatoms. The van der Waals surface area contributed by atoms with Gasteiger partial charge in [0.2, 0.25) is 0 Å². The van der Waals surface area contributed by atoms with Crippen LogP contribution in [0.4, 0.5) is 11.4 Å². The molecule has 0 heterocycles. The number of non-ortho nitro benzene ring substituents is 1. The maximum atomic E-state index is 12.6. The fourth-order valence-corrected chi connectivity index (χ4v) is 2.52. The second kappa shape index (κ2) is 7.35. The molecule has 1 N–H and O–H groups in total. The molecule has 2 aromatic rings. The van der Waals surface area contributed by atoms with Gasteiger partial charge in [0.05, 0.1) is 17.6 Å². The average Bonchev–Trinajstić information content (AvgIpc) is 2.60. The lowest BCUT2D eigenvalue weighted by atomic mass is 9.86. The predicted molar refractivity (Wildman–Crippen MR) is 97.5 cm³/mol. The smallest absolute Gasteiger partial charge is 0.338 e. The van der Waals surface area contributed by atoms with Gasteiger partial charge in [0.25, 0.3) is 11.6 Å².